The van der Waals surface area contributed by atoms with E-state index in [4.69, 9.17) is 4.74 Å². The second kappa shape index (κ2) is 6.77. The maximum Gasteiger partial charge on any atom is 0.338 e. The molecule has 2 aromatic rings. The van der Waals surface area contributed by atoms with Crippen LogP contribution < -0.4 is 5.32 Å². The fourth-order valence-corrected chi connectivity index (χ4v) is 4.39. The zero-order chi connectivity index (χ0) is 17.4. The van der Waals surface area contributed by atoms with Gasteiger partial charge >= 0.3 is 5.97 Å². The van der Waals surface area contributed by atoms with Crippen LogP contribution in [0.25, 0.3) is 10.9 Å². The van der Waals surface area contributed by atoms with Crippen LogP contribution in [-0.4, -0.2) is 60.4 Å². The highest BCUT2D eigenvalue weighted by Gasteiger charge is 2.33. The van der Waals surface area contributed by atoms with Crippen LogP contribution in [0.2, 0.25) is 0 Å². The maximum atomic E-state index is 12.2. The number of aromatic nitrogens is 2. The highest BCUT2D eigenvalue weighted by molar-refractivity contribution is 6.05. The first-order valence-corrected chi connectivity index (χ1v) is 9.17. The Hall–Kier alpha value is -1.92. The Labute approximate surface area is 147 Å². The van der Waals surface area contributed by atoms with Crippen LogP contribution >= 0.6 is 0 Å². The second-order valence-electron chi connectivity index (χ2n) is 7.35. The number of nitrogens with zero attached hydrogens (tertiary/aromatic N) is 2. The molecule has 25 heavy (non-hydrogen) atoms. The van der Waals surface area contributed by atoms with Crippen molar-refractivity contribution in [3.63, 3.8) is 0 Å². The fourth-order valence-electron chi connectivity index (χ4n) is 4.39. The van der Waals surface area contributed by atoms with Gasteiger partial charge in [0.25, 0.3) is 0 Å². The van der Waals surface area contributed by atoms with Crippen LogP contribution in [0, 0.1) is 12.8 Å². The van der Waals surface area contributed by atoms with E-state index in [1.54, 1.807) is 0 Å². The molecule has 0 radical (unpaired) electrons. The molecule has 0 saturated carbocycles. The average molecular weight is 342 g/mol. The molecule has 4 heterocycles. The van der Waals surface area contributed by atoms with Crippen LogP contribution in [0.1, 0.15) is 34.5 Å². The molecular formula is C19H26N4O2. The lowest BCUT2D eigenvalue weighted by Crippen LogP contribution is -2.56. The van der Waals surface area contributed by atoms with Gasteiger partial charge in [0.05, 0.1) is 23.9 Å². The van der Waals surface area contributed by atoms with Gasteiger partial charge in [-0.25, -0.2) is 4.79 Å². The highest BCUT2D eigenvalue weighted by atomic mass is 16.5. The summed E-state index contributed by atoms with van der Waals surface area (Å²) >= 11 is 0. The summed E-state index contributed by atoms with van der Waals surface area (Å²) in [5.74, 6) is 0.510. The molecule has 0 amide bonds. The monoisotopic (exact) mass is 342 g/mol. The lowest BCUT2D eigenvalue weighted by molar-refractivity contribution is 0.0603. The Balaban J connectivity index is 1.49. The molecule has 3 aliphatic rings. The molecule has 0 spiro atoms. The smallest absolute Gasteiger partial charge is 0.338 e. The number of ether oxygens (including phenoxy) is 1. The van der Waals surface area contributed by atoms with Crippen LogP contribution in [0.5, 0.6) is 0 Å². The number of H-pyrrole nitrogens is 1. The van der Waals surface area contributed by atoms with E-state index in [0.29, 0.717) is 11.6 Å². The fraction of sp³-hybridized carbons (Fsp3) is 0.579. The third kappa shape index (κ3) is 3.16. The molecule has 3 saturated heterocycles. The molecule has 6 heteroatoms. The van der Waals surface area contributed by atoms with Crippen LogP contribution in [0.4, 0.5) is 0 Å². The summed E-state index contributed by atoms with van der Waals surface area (Å²) in [6.45, 7) is 6.53. The van der Waals surface area contributed by atoms with Gasteiger partial charge in [0.1, 0.15) is 0 Å². The molecule has 2 bridgehead atoms. The van der Waals surface area contributed by atoms with Crippen molar-refractivity contribution in [2.75, 3.05) is 33.3 Å². The minimum atomic E-state index is -0.304. The summed E-state index contributed by atoms with van der Waals surface area (Å²) in [4.78, 5) is 14.7. The molecule has 3 aliphatic heterocycles. The summed E-state index contributed by atoms with van der Waals surface area (Å²) < 4.78 is 4.96. The first kappa shape index (κ1) is 16.5. The van der Waals surface area contributed by atoms with Crippen molar-refractivity contribution in [1.82, 2.24) is 20.4 Å². The SMILES string of the molecule is COC(=O)c1cc(C)cc2[nH]nc(CCNC3CN4CCC3CC4)c12. The van der Waals surface area contributed by atoms with E-state index in [0.717, 1.165) is 41.0 Å². The number of hydrogen-bond donors (Lipinski definition) is 2. The number of aryl methyl sites for hydroxylation is 1. The third-order valence-electron chi connectivity index (χ3n) is 5.71. The van der Waals surface area contributed by atoms with Crippen molar-refractivity contribution >= 4 is 16.9 Å². The molecule has 1 aromatic carbocycles. The summed E-state index contributed by atoms with van der Waals surface area (Å²) in [5, 5.41) is 12.1. The van der Waals surface area contributed by atoms with Gasteiger partial charge in [0.15, 0.2) is 0 Å². The van der Waals surface area contributed by atoms with E-state index >= 15 is 0 Å². The predicted molar refractivity (Wildman–Crippen MR) is 96.8 cm³/mol. The number of esters is 1. The van der Waals surface area contributed by atoms with Crippen molar-refractivity contribution in [2.24, 2.45) is 5.92 Å². The minimum Gasteiger partial charge on any atom is -0.465 e. The topological polar surface area (TPSA) is 70.2 Å². The Bertz CT molecular complexity index is 777. The average Bonchev–Trinajstić information content (AvgIpc) is 3.04. The van der Waals surface area contributed by atoms with Gasteiger partial charge in [-0.15, -0.1) is 0 Å². The Morgan fingerprint density at radius 3 is 2.88 bits per heavy atom. The van der Waals surface area contributed by atoms with Crippen LogP contribution in [0.15, 0.2) is 12.1 Å². The Kier molecular flexibility index (Phi) is 4.48. The van der Waals surface area contributed by atoms with Crippen molar-refractivity contribution < 1.29 is 9.53 Å². The largest absolute Gasteiger partial charge is 0.465 e. The number of nitrogens with one attached hydrogen (secondary N) is 2. The number of fused-ring (bicyclic) bond motifs is 4. The molecule has 134 valence electrons. The van der Waals surface area contributed by atoms with E-state index in [-0.39, 0.29) is 5.97 Å². The summed E-state index contributed by atoms with van der Waals surface area (Å²) in [6, 6.07) is 4.50. The van der Waals surface area contributed by atoms with Gasteiger partial charge in [-0.1, -0.05) is 0 Å². The number of methoxy groups -OCH3 is 1. The summed E-state index contributed by atoms with van der Waals surface area (Å²) in [6.07, 6.45) is 3.43. The Morgan fingerprint density at radius 1 is 1.40 bits per heavy atom. The first-order chi connectivity index (χ1) is 12.2. The van der Waals surface area contributed by atoms with E-state index in [1.807, 2.05) is 19.1 Å². The van der Waals surface area contributed by atoms with Crippen molar-refractivity contribution in [1.29, 1.82) is 0 Å². The molecule has 2 N–H and O–H groups in total. The van der Waals surface area contributed by atoms with Gasteiger partial charge in [-0.05, 0) is 56.5 Å². The molecule has 5 rings (SSSR count). The zero-order valence-corrected chi connectivity index (χ0v) is 15.0. The molecular weight excluding hydrogens is 316 g/mol. The number of benzene rings is 1. The number of rotatable bonds is 5. The molecule has 6 nitrogen and oxygen atoms in total. The third-order valence-corrected chi connectivity index (χ3v) is 5.71. The first-order valence-electron chi connectivity index (χ1n) is 9.17. The van der Waals surface area contributed by atoms with Crippen molar-refractivity contribution in [3.05, 3.63) is 29.0 Å². The van der Waals surface area contributed by atoms with E-state index in [2.05, 4.69) is 20.4 Å². The van der Waals surface area contributed by atoms with E-state index < -0.39 is 0 Å². The summed E-state index contributed by atoms with van der Waals surface area (Å²) in [5.41, 5.74) is 3.46. The minimum absolute atomic E-state index is 0.304. The number of carbonyl (C=O) groups is 1. The van der Waals surface area contributed by atoms with Crippen molar-refractivity contribution in [2.45, 2.75) is 32.2 Å². The molecule has 0 aliphatic carbocycles. The predicted octanol–water partition coefficient (Wildman–Crippen LogP) is 1.88. The quantitative estimate of drug-likeness (QED) is 0.812. The van der Waals surface area contributed by atoms with Gasteiger partial charge < -0.3 is 15.0 Å². The molecule has 3 fully saturated rings. The molecule has 1 atom stereocenters. The van der Waals surface area contributed by atoms with Crippen LogP contribution in [0.3, 0.4) is 0 Å². The number of hydrogen-bond acceptors (Lipinski definition) is 5. The lowest BCUT2D eigenvalue weighted by Gasteiger charge is -2.45. The van der Waals surface area contributed by atoms with E-state index in [1.165, 1.54) is 39.6 Å². The van der Waals surface area contributed by atoms with Gasteiger partial charge in [0.2, 0.25) is 0 Å². The number of carbonyl (C=O) groups excluding carboxylic acids is 1. The van der Waals surface area contributed by atoms with Gasteiger partial charge in [-0.2, -0.15) is 5.10 Å². The highest BCUT2D eigenvalue weighted by Crippen LogP contribution is 2.28. The Morgan fingerprint density at radius 2 is 2.20 bits per heavy atom. The summed E-state index contributed by atoms with van der Waals surface area (Å²) in [7, 11) is 1.42. The molecule has 1 unspecified atom stereocenters. The lowest BCUT2D eigenvalue weighted by atomic mass is 9.84. The zero-order valence-electron chi connectivity index (χ0n) is 15.0. The second-order valence-corrected chi connectivity index (χ2v) is 7.35. The van der Waals surface area contributed by atoms with Gasteiger partial charge in [-0.3, -0.25) is 5.10 Å². The van der Waals surface area contributed by atoms with Gasteiger partial charge in [0, 0.05) is 30.9 Å². The van der Waals surface area contributed by atoms with Crippen molar-refractivity contribution in [3.8, 4) is 0 Å². The standard InChI is InChI=1S/C19H26N4O2/c1-12-9-14(19(24)25-2)18-15(21-22-16(18)10-12)3-6-20-17-11-23-7-4-13(17)5-8-23/h9-10,13,17,20H,3-8,11H2,1-2H3,(H,21,22). The van der Waals surface area contributed by atoms with E-state index in [9.17, 15) is 4.79 Å². The number of aromatic amines is 1. The van der Waals surface area contributed by atoms with Crippen LogP contribution in [-0.2, 0) is 11.2 Å². The normalized spacial score (nSPS) is 25.4. The number of piperidine rings is 3. The molecule has 1 aromatic heterocycles. The maximum absolute atomic E-state index is 12.2.